The Morgan fingerprint density at radius 3 is 2.75 bits per heavy atom. The zero-order valence-corrected chi connectivity index (χ0v) is 12.0. The Hall–Kier alpha value is -1.80. The minimum absolute atomic E-state index is 0.282. The number of nitrogens with zero attached hydrogens (tertiary/aromatic N) is 4. The number of hydrogen-bond donors (Lipinski definition) is 0. The van der Waals surface area contributed by atoms with E-state index in [1.165, 1.54) is 39.7 Å². The summed E-state index contributed by atoms with van der Waals surface area (Å²) in [6, 6.07) is 5.96. The van der Waals surface area contributed by atoms with Crippen molar-refractivity contribution in [3.63, 3.8) is 0 Å². The van der Waals surface area contributed by atoms with Crippen LogP contribution in [0.1, 0.15) is 11.3 Å². The maximum atomic E-state index is 12.9. The maximum absolute atomic E-state index is 12.9. The predicted molar refractivity (Wildman–Crippen MR) is 75.9 cm³/mol. The summed E-state index contributed by atoms with van der Waals surface area (Å²) in [5.41, 5.74) is 0.820. The van der Waals surface area contributed by atoms with E-state index >= 15 is 0 Å². The summed E-state index contributed by atoms with van der Waals surface area (Å²) >= 11 is 2.77. The zero-order valence-electron chi connectivity index (χ0n) is 10.4. The molecule has 0 fully saturated rings. The summed E-state index contributed by atoms with van der Waals surface area (Å²) < 4.78 is 14.9. The number of rotatable bonds is 3. The van der Waals surface area contributed by atoms with E-state index in [2.05, 4.69) is 15.3 Å². The van der Waals surface area contributed by atoms with Crippen LogP contribution >= 0.6 is 23.1 Å². The Labute approximate surface area is 121 Å². The van der Waals surface area contributed by atoms with Gasteiger partial charge in [-0.1, -0.05) is 35.2 Å². The Kier molecular flexibility index (Phi) is 3.49. The zero-order chi connectivity index (χ0) is 14.1. The van der Waals surface area contributed by atoms with Gasteiger partial charge in [0.25, 0.3) is 5.56 Å². The van der Waals surface area contributed by atoms with E-state index in [1.54, 1.807) is 12.1 Å². The fourth-order valence-electron chi connectivity index (χ4n) is 1.72. The number of hydrogen-bond acceptors (Lipinski definition) is 6. The third-order valence-corrected chi connectivity index (χ3v) is 4.57. The fraction of sp³-hybridized carbons (Fsp3) is 0.167. The first-order chi connectivity index (χ1) is 9.67. The largest absolute Gasteiger partial charge is 0.297 e. The number of fused-ring (bicyclic) bond motifs is 1. The van der Waals surface area contributed by atoms with Gasteiger partial charge in [0, 0.05) is 6.42 Å². The van der Waals surface area contributed by atoms with Gasteiger partial charge < -0.3 is 0 Å². The molecule has 0 amide bonds. The fourth-order valence-corrected chi connectivity index (χ4v) is 3.01. The minimum Gasteiger partial charge on any atom is -0.265 e. The van der Waals surface area contributed by atoms with Gasteiger partial charge in [-0.2, -0.15) is 4.52 Å². The average molecular weight is 308 g/mol. The van der Waals surface area contributed by atoms with E-state index in [4.69, 9.17) is 0 Å². The first kappa shape index (κ1) is 13.2. The van der Waals surface area contributed by atoms with Gasteiger partial charge in [-0.25, -0.2) is 4.39 Å². The molecule has 102 valence electrons. The first-order valence-electron chi connectivity index (χ1n) is 5.71. The summed E-state index contributed by atoms with van der Waals surface area (Å²) in [5, 5.41) is 12.1. The van der Waals surface area contributed by atoms with Crippen LogP contribution < -0.4 is 5.56 Å². The van der Waals surface area contributed by atoms with Gasteiger partial charge in [0.05, 0.1) is 0 Å². The van der Waals surface area contributed by atoms with Gasteiger partial charge in [0.2, 0.25) is 4.96 Å². The van der Waals surface area contributed by atoms with Crippen molar-refractivity contribution in [2.75, 3.05) is 6.26 Å². The quantitative estimate of drug-likeness (QED) is 0.693. The lowest BCUT2D eigenvalue weighted by atomic mass is 10.1. The van der Waals surface area contributed by atoms with Crippen LogP contribution in [-0.4, -0.2) is 26.1 Å². The number of halogens is 1. The average Bonchev–Trinajstić information content (AvgIpc) is 2.88. The maximum Gasteiger partial charge on any atom is 0.297 e. The van der Waals surface area contributed by atoms with Crippen molar-refractivity contribution in [1.82, 2.24) is 19.8 Å². The molecular formula is C12H9FN4OS2. The van der Waals surface area contributed by atoms with E-state index in [1.807, 2.05) is 6.26 Å². The van der Waals surface area contributed by atoms with Crippen molar-refractivity contribution in [3.8, 4) is 0 Å². The Bertz CT molecular complexity index is 812. The van der Waals surface area contributed by atoms with Crippen molar-refractivity contribution in [2.45, 2.75) is 10.8 Å². The molecule has 0 unspecified atom stereocenters. The second-order valence-corrected chi connectivity index (χ2v) is 6.03. The molecule has 3 aromatic rings. The molecule has 8 heteroatoms. The van der Waals surface area contributed by atoms with E-state index in [0.717, 1.165) is 9.90 Å². The molecule has 2 heterocycles. The van der Waals surface area contributed by atoms with Gasteiger partial charge in [-0.15, -0.1) is 15.3 Å². The smallest absolute Gasteiger partial charge is 0.265 e. The molecule has 0 N–H and O–H groups in total. The van der Waals surface area contributed by atoms with Gasteiger partial charge in [-0.05, 0) is 24.0 Å². The highest BCUT2D eigenvalue weighted by Gasteiger charge is 2.12. The molecule has 20 heavy (non-hydrogen) atoms. The number of thioether (sulfide) groups is 1. The topological polar surface area (TPSA) is 60.2 Å². The summed E-state index contributed by atoms with van der Waals surface area (Å²) in [5.74, 6) is -0.309. The van der Waals surface area contributed by atoms with E-state index in [9.17, 15) is 9.18 Å². The molecule has 0 radical (unpaired) electrons. The molecule has 0 aliphatic heterocycles. The molecule has 0 saturated heterocycles. The van der Waals surface area contributed by atoms with E-state index in [0.29, 0.717) is 17.1 Å². The van der Waals surface area contributed by atoms with Crippen LogP contribution in [0.5, 0.6) is 0 Å². The molecule has 0 spiro atoms. The molecule has 0 saturated carbocycles. The minimum atomic E-state index is -0.309. The molecule has 5 nitrogen and oxygen atoms in total. The Balaban J connectivity index is 2.01. The highest BCUT2D eigenvalue weighted by atomic mass is 32.2. The molecule has 0 aliphatic carbocycles. The highest BCUT2D eigenvalue weighted by molar-refractivity contribution is 8.00. The van der Waals surface area contributed by atoms with Crippen LogP contribution in [0.2, 0.25) is 0 Å². The summed E-state index contributed by atoms with van der Waals surface area (Å²) in [7, 11) is 0. The highest BCUT2D eigenvalue weighted by Crippen LogP contribution is 2.19. The molecule has 0 aliphatic rings. The van der Waals surface area contributed by atoms with Crippen LogP contribution in [0.25, 0.3) is 4.96 Å². The van der Waals surface area contributed by atoms with Crippen molar-refractivity contribution >= 4 is 28.1 Å². The molecular weight excluding hydrogens is 299 g/mol. The van der Waals surface area contributed by atoms with Crippen molar-refractivity contribution < 1.29 is 4.39 Å². The Morgan fingerprint density at radius 2 is 2.05 bits per heavy atom. The molecule has 0 bridgehead atoms. The van der Waals surface area contributed by atoms with Crippen molar-refractivity contribution in [3.05, 3.63) is 51.7 Å². The van der Waals surface area contributed by atoms with Crippen LogP contribution in [0, 0.1) is 5.82 Å². The van der Waals surface area contributed by atoms with Gasteiger partial charge in [0.15, 0.2) is 4.34 Å². The lowest BCUT2D eigenvalue weighted by Crippen LogP contribution is -2.22. The van der Waals surface area contributed by atoms with Gasteiger partial charge in [-0.3, -0.25) is 4.79 Å². The monoisotopic (exact) mass is 308 g/mol. The van der Waals surface area contributed by atoms with E-state index < -0.39 is 0 Å². The second-order valence-electron chi connectivity index (χ2n) is 4.02. The van der Waals surface area contributed by atoms with Crippen LogP contribution in [-0.2, 0) is 6.42 Å². The third-order valence-electron chi connectivity index (χ3n) is 2.70. The van der Waals surface area contributed by atoms with Crippen molar-refractivity contribution in [1.29, 1.82) is 0 Å². The standard InChI is InChI=1S/C12H9FN4OS2/c1-19-12-16-17-10(18)9(14-15-11(17)20-12)6-7-2-4-8(13)5-3-7/h2-5H,6H2,1H3. The molecule has 1 aromatic carbocycles. The predicted octanol–water partition coefficient (Wildman–Crippen LogP) is 2.00. The van der Waals surface area contributed by atoms with Gasteiger partial charge in [0.1, 0.15) is 11.5 Å². The first-order valence-corrected chi connectivity index (χ1v) is 7.75. The van der Waals surface area contributed by atoms with Crippen LogP contribution in [0.15, 0.2) is 33.4 Å². The Morgan fingerprint density at radius 1 is 1.30 bits per heavy atom. The molecule has 2 aromatic heterocycles. The van der Waals surface area contributed by atoms with Crippen molar-refractivity contribution in [2.24, 2.45) is 0 Å². The third kappa shape index (κ3) is 2.44. The lowest BCUT2D eigenvalue weighted by Gasteiger charge is -1.99. The normalized spacial score (nSPS) is 11.1. The second kappa shape index (κ2) is 5.29. The van der Waals surface area contributed by atoms with Crippen LogP contribution in [0.3, 0.4) is 0 Å². The lowest BCUT2D eigenvalue weighted by molar-refractivity contribution is 0.627. The number of benzene rings is 1. The SMILES string of the molecule is CSc1nn2c(=O)c(Cc3ccc(F)cc3)nnc2s1. The summed E-state index contributed by atoms with van der Waals surface area (Å²) in [6.07, 6.45) is 2.19. The van der Waals surface area contributed by atoms with E-state index in [-0.39, 0.29) is 11.4 Å². The van der Waals surface area contributed by atoms with Gasteiger partial charge >= 0.3 is 0 Å². The summed E-state index contributed by atoms with van der Waals surface area (Å²) in [4.78, 5) is 12.7. The van der Waals surface area contributed by atoms with Crippen LogP contribution in [0.4, 0.5) is 4.39 Å². The number of aromatic nitrogens is 4. The molecule has 0 atom stereocenters. The summed E-state index contributed by atoms with van der Waals surface area (Å²) in [6.45, 7) is 0. The molecule has 3 rings (SSSR count).